The quantitative estimate of drug-likeness (QED) is 0.823. The molecule has 0 unspecified atom stereocenters. The molecule has 0 fully saturated rings. The van der Waals surface area contributed by atoms with Crippen LogP contribution < -0.4 is 9.88 Å². The highest BCUT2D eigenvalue weighted by atomic mass is 32.1. The van der Waals surface area contributed by atoms with Crippen LogP contribution in [0.25, 0.3) is 0 Å². The Morgan fingerprint density at radius 2 is 2.35 bits per heavy atom. The number of pyridine rings is 1. The maximum absolute atomic E-state index is 4.11. The minimum atomic E-state index is 1.04. The Morgan fingerprint density at radius 3 is 3.06 bits per heavy atom. The van der Waals surface area contributed by atoms with Crippen molar-refractivity contribution < 1.29 is 4.57 Å². The van der Waals surface area contributed by atoms with E-state index in [1.165, 1.54) is 23.7 Å². The highest BCUT2D eigenvalue weighted by molar-refractivity contribution is 7.13. The molecule has 0 bridgehead atoms. The number of unbranched alkanes of at least 4 members (excludes halogenated alkanes) is 1. The molecule has 0 radical (unpaired) electrons. The first-order valence-corrected chi connectivity index (χ1v) is 6.84. The Hall–Kier alpha value is -1.42. The maximum atomic E-state index is 4.11. The molecule has 2 aromatic heterocycles. The normalized spacial score (nSPS) is 10.5. The second-order valence-electron chi connectivity index (χ2n) is 4.05. The van der Waals surface area contributed by atoms with Gasteiger partial charge in [-0.15, -0.1) is 0 Å². The fourth-order valence-electron chi connectivity index (χ4n) is 1.68. The first kappa shape index (κ1) is 12.0. The molecule has 0 aliphatic rings. The molecule has 17 heavy (non-hydrogen) atoms. The van der Waals surface area contributed by atoms with Gasteiger partial charge in [0.1, 0.15) is 11.4 Å². The molecule has 1 N–H and O–H groups in total. The van der Waals surface area contributed by atoms with Crippen molar-refractivity contribution in [3.05, 3.63) is 35.6 Å². The van der Waals surface area contributed by atoms with Gasteiger partial charge in [0.15, 0.2) is 0 Å². The molecule has 2 heterocycles. The Bertz CT molecular complexity index is 465. The van der Waals surface area contributed by atoms with Crippen LogP contribution in [0.5, 0.6) is 0 Å². The van der Waals surface area contributed by atoms with Crippen molar-refractivity contribution in [3.63, 3.8) is 0 Å². The van der Waals surface area contributed by atoms with Crippen molar-refractivity contribution >= 4 is 22.2 Å². The Morgan fingerprint density at radius 1 is 1.47 bits per heavy atom. The Labute approximate surface area is 106 Å². The third-order valence-corrected chi connectivity index (χ3v) is 3.66. The van der Waals surface area contributed by atoms with Crippen molar-refractivity contribution in [2.75, 3.05) is 5.32 Å². The van der Waals surface area contributed by atoms with E-state index >= 15 is 0 Å². The molecule has 2 aromatic rings. The summed E-state index contributed by atoms with van der Waals surface area (Å²) in [5.74, 6) is 0. The number of hydrogen-bond donors (Lipinski definition) is 1. The van der Waals surface area contributed by atoms with E-state index in [1.807, 2.05) is 18.3 Å². The predicted molar refractivity (Wildman–Crippen MR) is 71.7 cm³/mol. The molecule has 3 nitrogen and oxygen atoms in total. The summed E-state index contributed by atoms with van der Waals surface area (Å²) in [7, 11) is 0. The van der Waals surface area contributed by atoms with Crippen molar-refractivity contribution in [3.8, 4) is 0 Å². The summed E-state index contributed by atoms with van der Waals surface area (Å²) < 4.78 is 2.33. The summed E-state index contributed by atoms with van der Waals surface area (Å²) >= 11 is 1.75. The third-order valence-electron chi connectivity index (χ3n) is 2.66. The van der Waals surface area contributed by atoms with Crippen LogP contribution in [0.15, 0.2) is 29.9 Å². The van der Waals surface area contributed by atoms with Gasteiger partial charge < -0.3 is 0 Å². The molecule has 0 atom stereocenters. The van der Waals surface area contributed by atoms with Gasteiger partial charge in [0.25, 0.3) is 0 Å². The summed E-state index contributed by atoms with van der Waals surface area (Å²) in [5.41, 5.74) is 2.36. The van der Waals surface area contributed by atoms with E-state index in [9.17, 15) is 0 Å². The molecule has 90 valence electrons. The van der Waals surface area contributed by atoms with E-state index in [4.69, 9.17) is 0 Å². The fraction of sp³-hybridized carbons (Fsp3) is 0.385. The molecule has 0 saturated heterocycles. The SMILES string of the molecule is CCCC[n+]1c(C)csc1Nc1cccnc1. The first-order valence-electron chi connectivity index (χ1n) is 5.96. The second-order valence-corrected chi connectivity index (χ2v) is 4.91. The van der Waals surface area contributed by atoms with Gasteiger partial charge in [-0.25, -0.2) is 9.88 Å². The number of anilines is 2. The van der Waals surface area contributed by atoms with Crippen LogP contribution in [0, 0.1) is 6.92 Å². The molecule has 0 aliphatic heterocycles. The summed E-state index contributed by atoms with van der Waals surface area (Å²) in [6.45, 7) is 5.45. The van der Waals surface area contributed by atoms with Crippen LogP contribution in [0.3, 0.4) is 0 Å². The van der Waals surface area contributed by atoms with Crippen molar-refractivity contribution in [1.29, 1.82) is 0 Å². The number of thiazole rings is 1. The smallest absolute Gasteiger partial charge is 0.260 e. The van der Waals surface area contributed by atoms with Crippen LogP contribution >= 0.6 is 11.3 Å². The van der Waals surface area contributed by atoms with Gasteiger partial charge >= 0.3 is 5.13 Å². The minimum Gasteiger partial charge on any atom is -0.260 e. The number of rotatable bonds is 5. The zero-order valence-electron chi connectivity index (χ0n) is 10.3. The standard InChI is InChI=1S/C13H17N3S/c1-3-4-8-16-11(2)10-17-13(16)15-12-6-5-7-14-9-12/h5-7,9-10H,3-4,8H2,1-2H3/p+1. The van der Waals surface area contributed by atoms with Crippen LogP contribution in [-0.4, -0.2) is 4.98 Å². The average molecular weight is 248 g/mol. The van der Waals surface area contributed by atoms with E-state index in [-0.39, 0.29) is 0 Å². The van der Waals surface area contributed by atoms with Gasteiger partial charge in [0.05, 0.1) is 12.7 Å². The Balaban J connectivity index is 2.15. The summed E-state index contributed by atoms with van der Waals surface area (Å²) in [6, 6.07) is 3.98. The summed E-state index contributed by atoms with van der Waals surface area (Å²) in [6.07, 6.45) is 6.06. The maximum Gasteiger partial charge on any atom is 0.339 e. The summed E-state index contributed by atoms with van der Waals surface area (Å²) in [4.78, 5) is 4.11. The van der Waals surface area contributed by atoms with Crippen LogP contribution in [-0.2, 0) is 6.54 Å². The van der Waals surface area contributed by atoms with E-state index in [0.717, 1.165) is 12.2 Å². The molecular weight excluding hydrogens is 230 g/mol. The molecule has 0 aliphatic carbocycles. The lowest BCUT2D eigenvalue weighted by Crippen LogP contribution is -2.36. The number of aryl methyl sites for hydroxylation is 1. The molecule has 0 spiro atoms. The highest BCUT2D eigenvalue weighted by Crippen LogP contribution is 2.18. The van der Waals surface area contributed by atoms with E-state index in [0.29, 0.717) is 0 Å². The monoisotopic (exact) mass is 248 g/mol. The second kappa shape index (κ2) is 5.77. The first-order chi connectivity index (χ1) is 8.31. The van der Waals surface area contributed by atoms with Crippen LogP contribution in [0.1, 0.15) is 25.5 Å². The number of aromatic nitrogens is 2. The lowest BCUT2D eigenvalue weighted by molar-refractivity contribution is -0.685. The van der Waals surface area contributed by atoms with Gasteiger partial charge in [0.2, 0.25) is 0 Å². The minimum absolute atomic E-state index is 1.04. The molecule has 0 amide bonds. The molecule has 2 rings (SSSR count). The molecule has 0 aromatic carbocycles. The third kappa shape index (κ3) is 3.03. The van der Waals surface area contributed by atoms with E-state index in [2.05, 4.69) is 34.1 Å². The van der Waals surface area contributed by atoms with E-state index < -0.39 is 0 Å². The zero-order valence-corrected chi connectivity index (χ0v) is 11.1. The van der Waals surface area contributed by atoms with Crippen molar-refractivity contribution in [2.45, 2.75) is 33.2 Å². The lowest BCUT2D eigenvalue weighted by Gasteiger charge is -2.02. The van der Waals surface area contributed by atoms with Gasteiger partial charge in [-0.2, -0.15) is 0 Å². The van der Waals surface area contributed by atoms with Crippen LogP contribution in [0.4, 0.5) is 10.8 Å². The molecule has 0 saturated carbocycles. The fourth-order valence-corrected chi connectivity index (χ4v) is 2.63. The zero-order chi connectivity index (χ0) is 12.1. The van der Waals surface area contributed by atoms with Gasteiger partial charge in [0, 0.05) is 11.6 Å². The van der Waals surface area contributed by atoms with E-state index in [1.54, 1.807) is 17.5 Å². The number of nitrogens with one attached hydrogen (secondary N) is 1. The topological polar surface area (TPSA) is 28.8 Å². The number of hydrogen-bond acceptors (Lipinski definition) is 3. The van der Waals surface area contributed by atoms with Crippen molar-refractivity contribution in [2.24, 2.45) is 0 Å². The average Bonchev–Trinajstić information content (AvgIpc) is 2.69. The van der Waals surface area contributed by atoms with Crippen LogP contribution in [0.2, 0.25) is 0 Å². The van der Waals surface area contributed by atoms with Gasteiger partial charge in [-0.05, 0) is 25.5 Å². The highest BCUT2D eigenvalue weighted by Gasteiger charge is 2.14. The number of nitrogens with zero attached hydrogens (tertiary/aromatic N) is 2. The predicted octanol–water partition coefficient (Wildman–Crippen LogP) is 3.28. The lowest BCUT2D eigenvalue weighted by atomic mass is 10.3. The van der Waals surface area contributed by atoms with Gasteiger partial charge in [-0.3, -0.25) is 4.98 Å². The van der Waals surface area contributed by atoms with Crippen molar-refractivity contribution in [1.82, 2.24) is 4.98 Å². The largest absolute Gasteiger partial charge is 0.339 e. The van der Waals surface area contributed by atoms with Gasteiger partial charge in [-0.1, -0.05) is 24.7 Å². The Kier molecular flexibility index (Phi) is 4.09. The molecule has 4 heteroatoms. The summed E-state index contributed by atoms with van der Waals surface area (Å²) in [5, 5.41) is 6.79. The molecular formula is C13H18N3S+.